The topological polar surface area (TPSA) is 38.0 Å². The summed E-state index contributed by atoms with van der Waals surface area (Å²) in [7, 11) is 1.89. The van der Waals surface area contributed by atoms with E-state index in [1.807, 2.05) is 19.3 Å². The van der Waals surface area contributed by atoms with Gasteiger partial charge in [0.25, 0.3) is 0 Å². The maximum absolute atomic E-state index is 10.7. The Kier molecular flexibility index (Phi) is 3.74. The first-order valence-electron chi connectivity index (χ1n) is 6.99. The van der Waals surface area contributed by atoms with Crippen molar-refractivity contribution in [1.29, 1.82) is 0 Å². The normalized spacial score (nSPS) is 13.6. The van der Waals surface area contributed by atoms with Crippen LogP contribution in [0.3, 0.4) is 0 Å². The van der Waals surface area contributed by atoms with Gasteiger partial charge in [0.05, 0.1) is 5.69 Å². The number of hydrogen-bond acceptors (Lipinski definition) is 2. The van der Waals surface area contributed by atoms with E-state index in [1.54, 1.807) is 4.68 Å². The van der Waals surface area contributed by atoms with Crippen molar-refractivity contribution in [3.63, 3.8) is 0 Å². The second-order valence-corrected chi connectivity index (χ2v) is 6.60. The van der Waals surface area contributed by atoms with Crippen LogP contribution in [0.2, 0.25) is 0 Å². The van der Waals surface area contributed by atoms with Crippen LogP contribution in [0.25, 0.3) is 0 Å². The average Bonchev–Trinajstić information content (AvgIpc) is 2.74. The summed E-state index contributed by atoms with van der Waals surface area (Å²) in [5, 5.41) is 15.2. The number of aryl methyl sites for hydroxylation is 3. The van der Waals surface area contributed by atoms with Gasteiger partial charge < -0.3 is 5.11 Å². The van der Waals surface area contributed by atoms with E-state index in [-0.39, 0.29) is 5.41 Å². The maximum Gasteiger partial charge on any atom is 0.107 e. The van der Waals surface area contributed by atoms with Gasteiger partial charge in [0.1, 0.15) is 6.10 Å². The van der Waals surface area contributed by atoms with E-state index in [9.17, 15) is 5.11 Å². The van der Waals surface area contributed by atoms with Crippen LogP contribution in [0.5, 0.6) is 0 Å². The van der Waals surface area contributed by atoms with Gasteiger partial charge in [-0.1, -0.05) is 39.0 Å². The molecule has 0 aliphatic heterocycles. The predicted octanol–water partition coefficient (Wildman–Crippen LogP) is 3.42. The highest BCUT2D eigenvalue weighted by Gasteiger charge is 2.26. The van der Waals surface area contributed by atoms with Gasteiger partial charge >= 0.3 is 0 Å². The first-order valence-corrected chi connectivity index (χ1v) is 6.99. The molecular formula is C17H24N2O. The van der Waals surface area contributed by atoms with E-state index in [1.165, 1.54) is 11.1 Å². The van der Waals surface area contributed by atoms with Gasteiger partial charge in [0.2, 0.25) is 0 Å². The van der Waals surface area contributed by atoms with Gasteiger partial charge in [-0.15, -0.1) is 0 Å². The average molecular weight is 272 g/mol. The Morgan fingerprint density at radius 3 is 2.35 bits per heavy atom. The van der Waals surface area contributed by atoms with E-state index in [4.69, 9.17) is 0 Å². The van der Waals surface area contributed by atoms with Crippen molar-refractivity contribution in [2.75, 3.05) is 0 Å². The Bertz CT molecular complexity index is 620. The highest BCUT2D eigenvalue weighted by molar-refractivity contribution is 5.38. The Morgan fingerprint density at radius 2 is 1.80 bits per heavy atom. The first-order chi connectivity index (χ1) is 9.20. The minimum absolute atomic E-state index is 0.0860. The highest BCUT2D eigenvalue weighted by Crippen LogP contribution is 2.32. The fourth-order valence-electron chi connectivity index (χ4n) is 2.40. The second-order valence-electron chi connectivity index (χ2n) is 6.60. The van der Waals surface area contributed by atoms with Crippen LogP contribution in [-0.4, -0.2) is 14.9 Å². The lowest BCUT2D eigenvalue weighted by atomic mass is 9.86. The highest BCUT2D eigenvalue weighted by atomic mass is 16.3. The number of aliphatic hydroxyl groups excluding tert-OH is 1. The standard InChI is InChI=1S/C17H24N2O/c1-11-7-8-13(9-12(11)2)15(20)14-10-19(6)18-16(14)17(3,4)5/h7-10,15,20H,1-6H3. The van der Waals surface area contributed by atoms with Crippen molar-refractivity contribution in [3.8, 4) is 0 Å². The number of aliphatic hydroxyl groups is 1. The third-order valence-electron chi connectivity index (χ3n) is 3.71. The minimum atomic E-state index is -0.628. The molecule has 0 saturated heterocycles. The molecule has 0 bridgehead atoms. The molecule has 1 aromatic heterocycles. The van der Waals surface area contributed by atoms with Crippen molar-refractivity contribution in [1.82, 2.24) is 9.78 Å². The molecule has 1 heterocycles. The summed E-state index contributed by atoms with van der Waals surface area (Å²) in [5.41, 5.74) is 5.11. The monoisotopic (exact) mass is 272 g/mol. The van der Waals surface area contributed by atoms with Gasteiger partial charge in [0.15, 0.2) is 0 Å². The summed E-state index contributed by atoms with van der Waals surface area (Å²) < 4.78 is 1.78. The van der Waals surface area contributed by atoms with Gasteiger partial charge in [-0.2, -0.15) is 5.10 Å². The molecule has 0 spiro atoms. The van der Waals surface area contributed by atoms with Gasteiger partial charge in [-0.05, 0) is 30.5 Å². The molecule has 0 radical (unpaired) electrons. The molecule has 0 amide bonds. The summed E-state index contributed by atoms with van der Waals surface area (Å²) in [4.78, 5) is 0. The SMILES string of the molecule is Cc1ccc(C(O)c2cn(C)nc2C(C)(C)C)cc1C. The Morgan fingerprint density at radius 1 is 1.15 bits per heavy atom. The number of hydrogen-bond donors (Lipinski definition) is 1. The molecule has 3 nitrogen and oxygen atoms in total. The van der Waals surface area contributed by atoms with Crippen LogP contribution in [0.4, 0.5) is 0 Å². The molecule has 2 aromatic rings. The van der Waals surface area contributed by atoms with Crippen LogP contribution in [0, 0.1) is 13.8 Å². The predicted molar refractivity (Wildman–Crippen MR) is 81.9 cm³/mol. The van der Waals surface area contributed by atoms with E-state index in [0.29, 0.717) is 0 Å². The number of benzene rings is 1. The number of aromatic nitrogens is 2. The minimum Gasteiger partial charge on any atom is -0.384 e. The van der Waals surface area contributed by atoms with Crippen LogP contribution < -0.4 is 0 Å². The summed E-state index contributed by atoms with van der Waals surface area (Å²) in [6.45, 7) is 10.5. The Labute approximate surface area is 121 Å². The maximum atomic E-state index is 10.7. The molecule has 0 aliphatic rings. The first kappa shape index (κ1) is 14.8. The van der Waals surface area contributed by atoms with Crippen LogP contribution in [0.15, 0.2) is 24.4 Å². The Hall–Kier alpha value is -1.61. The second kappa shape index (κ2) is 5.06. The number of rotatable bonds is 2. The molecule has 0 saturated carbocycles. The summed E-state index contributed by atoms with van der Waals surface area (Å²) in [5.74, 6) is 0. The third-order valence-corrected chi connectivity index (χ3v) is 3.71. The molecule has 108 valence electrons. The summed E-state index contributed by atoms with van der Waals surface area (Å²) in [6, 6.07) is 6.10. The molecule has 1 atom stereocenters. The lowest BCUT2D eigenvalue weighted by Crippen LogP contribution is -2.16. The summed E-state index contributed by atoms with van der Waals surface area (Å²) in [6.07, 6.45) is 1.29. The van der Waals surface area contributed by atoms with Crippen molar-refractivity contribution < 1.29 is 5.11 Å². The fourth-order valence-corrected chi connectivity index (χ4v) is 2.40. The van der Waals surface area contributed by atoms with E-state index in [0.717, 1.165) is 16.8 Å². The van der Waals surface area contributed by atoms with E-state index < -0.39 is 6.10 Å². The smallest absolute Gasteiger partial charge is 0.107 e. The zero-order chi connectivity index (χ0) is 15.1. The quantitative estimate of drug-likeness (QED) is 0.909. The van der Waals surface area contributed by atoms with Gasteiger partial charge in [0, 0.05) is 24.2 Å². The van der Waals surface area contributed by atoms with Crippen LogP contribution >= 0.6 is 0 Å². The summed E-state index contributed by atoms with van der Waals surface area (Å²) >= 11 is 0. The molecule has 3 heteroatoms. The molecule has 0 aliphatic carbocycles. The zero-order valence-corrected chi connectivity index (χ0v) is 13.2. The molecular weight excluding hydrogens is 248 g/mol. The lowest BCUT2D eigenvalue weighted by molar-refractivity contribution is 0.217. The molecule has 1 N–H and O–H groups in total. The van der Waals surface area contributed by atoms with E-state index in [2.05, 4.69) is 51.9 Å². The Balaban J connectivity index is 2.48. The zero-order valence-electron chi connectivity index (χ0n) is 13.2. The lowest BCUT2D eigenvalue weighted by Gasteiger charge is -2.20. The largest absolute Gasteiger partial charge is 0.384 e. The molecule has 2 rings (SSSR count). The molecule has 0 fully saturated rings. The molecule has 1 unspecified atom stereocenters. The third kappa shape index (κ3) is 2.78. The molecule has 20 heavy (non-hydrogen) atoms. The van der Waals surface area contributed by atoms with Crippen molar-refractivity contribution in [2.24, 2.45) is 7.05 Å². The van der Waals surface area contributed by atoms with Crippen molar-refractivity contribution >= 4 is 0 Å². The van der Waals surface area contributed by atoms with Crippen LogP contribution in [-0.2, 0) is 12.5 Å². The van der Waals surface area contributed by atoms with Crippen molar-refractivity contribution in [3.05, 3.63) is 52.3 Å². The number of nitrogens with zero attached hydrogens (tertiary/aromatic N) is 2. The van der Waals surface area contributed by atoms with Gasteiger partial charge in [-0.25, -0.2) is 0 Å². The van der Waals surface area contributed by atoms with Crippen molar-refractivity contribution in [2.45, 2.75) is 46.1 Å². The van der Waals surface area contributed by atoms with Gasteiger partial charge in [-0.3, -0.25) is 4.68 Å². The van der Waals surface area contributed by atoms with E-state index >= 15 is 0 Å². The van der Waals surface area contributed by atoms with Crippen LogP contribution in [0.1, 0.15) is 54.8 Å². The fraction of sp³-hybridized carbons (Fsp3) is 0.471. The molecule has 1 aromatic carbocycles.